The second-order valence-electron chi connectivity index (χ2n) is 8.12. The van der Waals surface area contributed by atoms with E-state index in [1.54, 1.807) is 20.0 Å². The molecule has 0 aromatic rings. The predicted molar refractivity (Wildman–Crippen MR) is 126 cm³/mol. The molecule has 0 aliphatic rings. The molecule has 25 heavy (non-hydrogen) atoms. The van der Waals surface area contributed by atoms with Crippen LogP contribution in [0.2, 0.25) is 0 Å². The molecule has 0 aromatic heterocycles. The smallest absolute Gasteiger partial charge is 0.144 e. The van der Waals surface area contributed by atoms with Crippen molar-refractivity contribution >= 4 is 30.0 Å². The van der Waals surface area contributed by atoms with E-state index in [1.807, 2.05) is 0 Å². The van der Waals surface area contributed by atoms with Crippen molar-refractivity contribution in [2.24, 2.45) is 0 Å². The molecule has 0 rings (SSSR count). The number of carbonyl (C=O) groups excluding carboxylic acids is 1. The lowest BCUT2D eigenvalue weighted by atomic mass is 10.3. The molecule has 0 saturated carbocycles. The Morgan fingerprint density at radius 1 is 0.840 bits per heavy atom. The van der Waals surface area contributed by atoms with Crippen LogP contribution in [0.1, 0.15) is 34.6 Å². The topological polar surface area (TPSA) is 68.3 Å². The molecule has 0 radical (unpaired) electrons. The highest BCUT2D eigenvalue weighted by molar-refractivity contribution is 7.89. The molecule has 0 heterocycles. The Morgan fingerprint density at radius 2 is 0.840 bits per heavy atom. The fourth-order valence-corrected chi connectivity index (χ4v) is 0. The van der Waals surface area contributed by atoms with E-state index in [4.69, 9.17) is 0 Å². The molecule has 0 aliphatic heterocycles. The third kappa shape index (κ3) is 527000. The van der Waals surface area contributed by atoms with E-state index in [0.717, 1.165) is 12.5 Å². The number of Topliss-reactive ketones (excluding diaryl/α,β-unsaturated/α-hetero) is 1. The Morgan fingerprint density at radius 3 is 0.840 bits per heavy atom. The Bertz CT molecular complexity index is 374. The largest absolute Gasteiger partial charge is 0.358 e. The molecule has 0 aliphatic carbocycles. The molecule has 0 fully saturated rings. The molecule has 0 saturated heterocycles. The zero-order chi connectivity index (χ0) is 20.7. The van der Waals surface area contributed by atoms with Gasteiger partial charge in [-0.1, -0.05) is 0 Å². The Kier molecular flexibility index (Phi) is 39.5. The van der Waals surface area contributed by atoms with E-state index in [-0.39, 0.29) is 27.9 Å². The van der Waals surface area contributed by atoms with Crippen LogP contribution in [0.15, 0.2) is 0 Å². The molecule has 0 aromatic carbocycles. The first-order valence-corrected chi connectivity index (χ1v) is 16.1. The molecule has 0 spiro atoms. The maximum Gasteiger partial charge on any atom is 0.144 e. The minimum absolute atomic E-state index is 0. The number of rotatable bonds is 0. The fraction of sp³-hybridized carbons (Fsp3) is 0.778. The molecule has 4 nitrogen and oxygen atoms in total. The average molecular weight is 423 g/mol. The van der Waals surface area contributed by atoms with E-state index in [1.165, 1.54) is 19.8 Å². The van der Waals surface area contributed by atoms with Gasteiger partial charge >= 0.3 is 0 Å². The minimum atomic E-state index is -2.67. The zero-order valence-corrected chi connectivity index (χ0v) is 22.5. The summed E-state index contributed by atoms with van der Waals surface area (Å²) in [6, 6.07) is 0. The average Bonchev–Trinajstić information content (AvgIpc) is 1.85. The van der Waals surface area contributed by atoms with Crippen LogP contribution in [-0.4, -0.2) is 73.4 Å². The molecule has 0 amide bonds. The van der Waals surface area contributed by atoms with Gasteiger partial charge in [-0.25, -0.2) is 8.42 Å². The summed E-state index contributed by atoms with van der Waals surface area (Å²) in [5, 5.41) is 0. The lowest BCUT2D eigenvalue weighted by molar-refractivity contribution is -0.115. The van der Waals surface area contributed by atoms with Crippen LogP contribution >= 0.6 is 14.4 Å². The summed E-state index contributed by atoms with van der Waals surface area (Å²) in [7, 11) is -4.69. The van der Waals surface area contributed by atoms with Gasteiger partial charge < -0.3 is 24.2 Å². The highest BCUT2D eigenvalue weighted by Crippen LogP contribution is 2.40. The van der Waals surface area contributed by atoms with Gasteiger partial charge in [0.25, 0.3) is 0 Å². The highest BCUT2D eigenvalue weighted by atomic mass is 32.2. The van der Waals surface area contributed by atoms with E-state index in [2.05, 4.69) is 47.4 Å². The summed E-state index contributed by atoms with van der Waals surface area (Å²) in [4.78, 5) is 9.44. The molecule has 7 heteroatoms. The molecule has 0 bridgehead atoms. The van der Waals surface area contributed by atoms with Crippen LogP contribution in [0.3, 0.4) is 0 Å². The summed E-state index contributed by atoms with van der Waals surface area (Å²) in [5.74, 6) is 1.58. The molecular formula is C18H48O4P2S. The lowest BCUT2D eigenvalue weighted by Crippen LogP contribution is -1.86. The van der Waals surface area contributed by atoms with Gasteiger partial charge in [0.1, 0.15) is 15.6 Å². The van der Waals surface area contributed by atoms with Gasteiger partial charge in [0.2, 0.25) is 0 Å². The summed E-state index contributed by atoms with van der Waals surface area (Å²) >= 11 is 0. The van der Waals surface area contributed by atoms with Crippen molar-refractivity contribution in [2.75, 3.05) is 59.2 Å². The molecule has 0 N–H and O–H groups in total. The second-order valence-corrected chi connectivity index (χ2v) is 19.6. The number of hydrogen-bond donors (Lipinski definition) is 0. The first-order chi connectivity index (χ1) is 9.46. The van der Waals surface area contributed by atoms with Gasteiger partial charge in [-0.05, 0) is 33.8 Å². The SMILES string of the molecule is CC(C)=O.CP(C)(C)=O.CS(C)(=O)=O.C[C+](C)C.C[P+](C)(C)C.[CH3-].[CH3-]. The molecule has 0 atom stereocenters. The van der Waals surface area contributed by atoms with Gasteiger partial charge in [-0.2, -0.15) is 0 Å². The van der Waals surface area contributed by atoms with Crippen LogP contribution < -0.4 is 0 Å². The Labute approximate surface area is 162 Å². The van der Waals surface area contributed by atoms with Crippen LogP contribution in [-0.2, 0) is 19.2 Å². The van der Waals surface area contributed by atoms with Gasteiger partial charge in [-0.15, -0.1) is 0 Å². The van der Waals surface area contributed by atoms with Crippen molar-refractivity contribution in [2.45, 2.75) is 34.6 Å². The Hall–Kier alpha value is 0.150. The summed E-state index contributed by atoms with van der Waals surface area (Å²) < 4.78 is 29.5. The number of carbonyl (C=O) groups is 1. The minimum Gasteiger partial charge on any atom is -0.358 e. The van der Waals surface area contributed by atoms with Crippen molar-refractivity contribution in [3.05, 3.63) is 20.8 Å². The summed E-state index contributed by atoms with van der Waals surface area (Å²) in [6.07, 6.45) is 2.32. The van der Waals surface area contributed by atoms with Crippen molar-refractivity contribution in [1.82, 2.24) is 0 Å². The van der Waals surface area contributed by atoms with Crippen molar-refractivity contribution in [3.63, 3.8) is 0 Å². The summed E-state index contributed by atoms with van der Waals surface area (Å²) in [6.45, 7) is 23.7. The lowest BCUT2D eigenvalue weighted by Gasteiger charge is -1.97. The predicted octanol–water partition coefficient (Wildman–Crippen LogP) is 5.54. The van der Waals surface area contributed by atoms with E-state index in [0.29, 0.717) is 0 Å². The first-order valence-electron chi connectivity index (χ1n) is 7.17. The number of sulfone groups is 1. The number of ketones is 1. The van der Waals surface area contributed by atoms with Gasteiger partial charge in [-0.3, -0.25) is 0 Å². The van der Waals surface area contributed by atoms with Crippen LogP contribution in [0.5, 0.6) is 0 Å². The zero-order valence-electron chi connectivity index (χ0n) is 19.9. The second kappa shape index (κ2) is 22.2. The molecular weight excluding hydrogens is 374 g/mol. The van der Waals surface area contributed by atoms with E-state index in [9.17, 15) is 17.8 Å². The van der Waals surface area contributed by atoms with Crippen LogP contribution in [0.25, 0.3) is 0 Å². The fourth-order valence-electron chi connectivity index (χ4n) is 0. The van der Waals surface area contributed by atoms with Crippen LogP contribution in [0.4, 0.5) is 0 Å². The monoisotopic (exact) mass is 422 g/mol. The molecule has 160 valence electrons. The Balaban J connectivity index is -0.0000000319. The first kappa shape index (κ1) is 44.5. The van der Waals surface area contributed by atoms with Crippen molar-refractivity contribution < 1.29 is 17.8 Å². The van der Waals surface area contributed by atoms with E-state index >= 15 is 0 Å². The third-order valence-corrected chi connectivity index (χ3v) is 0. The quantitative estimate of drug-likeness (QED) is 0.380. The molecule has 0 unspecified atom stereocenters. The summed E-state index contributed by atoms with van der Waals surface area (Å²) in [5.41, 5.74) is 0. The van der Waals surface area contributed by atoms with Crippen molar-refractivity contribution in [1.29, 1.82) is 0 Å². The van der Waals surface area contributed by atoms with Gasteiger partial charge in [0.15, 0.2) is 0 Å². The highest BCUT2D eigenvalue weighted by Gasteiger charge is 2.03. The van der Waals surface area contributed by atoms with E-state index < -0.39 is 17.0 Å². The number of hydrogen-bond acceptors (Lipinski definition) is 4. The van der Waals surface area contributed by atoms with Gasteiger partial charge in [0.05, 0.1) is 33.8 Å². The third-order valence-electron chi connectivity index (χ3n) is 0. The van der Waals surface area contributed by atoms with Crippen LogP contribution in [0, 0.1) is 20.8 Å². The maximum atomic E-state index is 10.2. The maximum absolute atomic E-state index is 10.2. The van der Waals surface area contributed by atoms with Crippen molar-refractivity contribution in [3.8, 4) is 0 Å². The normalized spacial score (nSPS) is 9.20. The standard InChI is InChI=1S/C4H12P.C4H9.C3H9OP.C3H6O.C2H6O2S.2CH3/c1-5(2,3)4;1-4(2)3;1-5(2,3)4;1-3(2)4;1-5(2,3)4;;/h1-4H3;1-3H3;1-3H3;1-2H3;1-2H3;2*1H3/q2*+1;;;;2*-1. The van der Waals surface area contributed by atoms with Gasteiger partial charge in [0, 0.05) is 46.4 Å².